The SMILES string of the molecule is O=S(=O)(c1ccccc1)N1CC[C@@H](c2ccccn2)C1. The zero-order chi connectivity index (χ0) is 14.0. The first kappa shape index (κ1) is 13.3. The summed E-state index contributed by atoms with van der Waals surface area (Å²) >= 11 is 0. The van der Waals surface area contributed by atoms with Crippen LogP contribution in [0.3, 0.4) is 0 Å². The Labute approximate surface area is 119 Å². The van der Waals surface area contributed by atoms with Crippen molar-refractivity contribution < 1.29 is 8.42 Å². The highest BCUT2D eigenvalue weighted by molar-refractivity contribution is 7.89. The maximum absolute atomic E-state index is 12.5. The molecular formula is C15H16N2O2S. The van der Waals surface area contributed by atoms with Gasteiger partial charge in [-0.05, 0) is 30.7 Å². The molecule has 0 amide bonds. The second-order valence-corrected chi connectivity index (χ2v) is 6.85. The average Bonchev–Trinajstić information content (AvgIpc) is 3.00. The van der Waals surface area contributed by atoms with E-state index in [0.717, 1.165) is 12.1 Å². The number of hydrogen-bond acceptors (Lipinski definition) is 3. The molecule has 0 radical (unpaired) electrons. The largest absolute Gasteiger partial charge is 0.261 e. The van der Waals surface area contributed by atoms with Gasteiger partial charge in [-0.3, -0.25) is 4.98 Å². The summed E-state index contributed by atoms with van der Waals surface area (Å²) in [5.41, 5.74) is 0.971. The Kier molecular flexibility index (Phi) is 3.54. The minimum atomic E-state index is -3.37. The molecule has 1 aromatic heterocycles. The molecule has 1 aliphatic heterocycles. The predicted octanol–water partition coefficient (Wildman–Crippen LogP) is 2.26. The first-order valence-corrected chi connectivity index (χ1v) is 8.08. The zero-order valence-corrected chi connectivity index (χ0v) is 11.8. The fourth-order valence-corrected chi connectivity index (χ4v) is 4.07. The van der Waals surface area contributed by atoms with Gasteiger partial charge < -0.3 is 0 Å². The third-order valence-corrected chi connectivity index (χ3v) is 5.52. The van der Waals surface area contributed by atoms with Crippen LogP contribution in [0.25, 0.3) is 0 Å². The van der Waals surface area contributed by atoms with Gasteiger partial charge in [0.25, 0.3) is 0 Å². The molecule has 104 valence electrons. The molecule has 0 saturated carbocycles. The van der Waals surface area contributed by atoms with Crippen molar-refractivity contribution >= 4 is 10.0 Å². The number of benzene rings is 1. The molecule has 1 saturated heterocycles. The van der Waals surface area contributed by atoms with Gasteiger partial charge in [0, 0.05) is 30.9 Å². The molecule has 0 bridgehead atoms. The minimum absolute atomic E-state index is 0.190. The quantitative estimate of drug-likeness (QED) is 0.870. The van der Waals surface area contributed by atoms with E-state index in [2.05, 4.69) is 4.98 Å². The molecule has 5 heteroatoms. The molecule has 1 atom stereocenters. The van der Waals surface area contributed by atoms with Crippen LogP contribution >= 0.6 is 0 Å². The van der Waals surface area contributed by atoms with Crippen molar-refractivity contribution in [3.63, 3.8) is 0 Å². The molecule has 0 aliphatic carbocycles. The van der Waals surface area contributed by atoms with Crippen LogP contribution in [0.1, 0.15) is 18.0 Å². The highest BCUT2D eigenvalue weighted by Gasteiger charge is 2.33. The number of nitrogens with zero attached hydrogens (tertiary/aromatic N) is 2. The third kappa shape index (κ3) is 2.46. The van der Waals surface area contributed by atoms with Gasteiger partial charge in [-0.1, -0.05) is 24.3 Å². The Morgan fingerprint density at radius 1 is 1.05 bits per heavy atom. The Morgan fingerprint density at radius 3 is 2.50 bits per heavy atom. The summed E-state index contributed by atoms with van der Waals surface area (Å²) in [5.74, 6) is 0.190. The average molecular weight is 288 g/mol. The summed E-state index contributed by atoms with van der Waals surface area (Å²) in [5, 5.41) is 0. The molecule has 2 aromatic rings. The van der Waals surface area contributed by atoms with Crippen LogP contribution in [0.2, 0.25) is 0 Å². The van der Waals surface area contributed by atoms with Gasteiger partial charge >= 0.3 is 0 Å². The highest BCUT2D eigenvalue weighted by atomic mass is 32.2. The first-order valence-electron chi connectivity index (χ1n) is 6.64. The van der Waals surface area contributed by atoms with Crippen LogP contribution < -0.4 is 0 Å². The predicted molar refractivity (Wildman–Crippen MR) is 76.8 cm³/mol. The van der Waals surface area contributed by atoms with Crippen LogP contribution in [-0.2, 0) is 10.0 Å². The zero-order valence-electron chi connectivity index (χ0n) is 11.0. The molecule has 0 unspecified atom stereocenters. The molecule has 1 aromatic carbocycles. The fraction of sp³-hybridized carbons (Fsp3) is 0.267. The molecule has 20 heavy (non-hydrogen) atoms. The Bertz CT molecular complexity index is 672. The van der Waals surface area contributed by atoms with E-state index in [4.69, 9.17) is 0 Å². The summed E-state index contributed by atoms with van der Waals surface area (Å²) < 4.78 is 26.6. The lowest BCUT2D eigenvalue weighted by Gasteiger charge is -2.16. The topological polar surface area (TPSA) is 50.3 Å². The van der Waals surface area contributed by atoms with Crippen molar-refractivity contribution in [2.45, 2.75) is 17.2 Å². The molecular weight excluding hydrogens is 272 g/mol. The maximum atomic E-state index is 12.5. The number of sulfonamides is 1. The van der Waals surface area contributed by atoms with E-state index in [1.54, 1.807) is 34.8 Å². The Morgan fingerprint density at radius 2 is 1.80 bits per heavy atom. The van der Waals surface area contributed by atoms with Crippen molar-refractivity contribution in [2.75, 3.05) is 13.1 Å². The van der Waals surface area contributed by atoms with Gasteiger partial charge in [0.15, 0.2) is 0 Å². The van der Waals surface area contributed by atoms with Crippen LogP contribution in [0.15, 0.2) is 59.6 Å². The van der Waals surface area contributed by atoms with E-state index in [1.807, 2.05) is 24.3 Å². The van der Waals surface area contributed by atoms with Gasteiger partial charge in [-0.2, -0.15) is 4.31 Å². The van der Waals surface area contributed by atoms with Crippen molar-refractivity contribution in [1.29, 1.82) is 0 Å². The van der Waals surface area contributed by atoms with E-state index in [0.29, 0.717) is 18.0 Å². The van der Waals surface area contributed by atoms with Crippen molar-refractivity contribution in [1.82, 2.24) is 9.29 Å². The number of pyridine rings is 1. The Balaban J connectivity index is 1.81. The van der Waals surface area contributed by atoms with Crippen LogP contribution in [-0.4, -0.2) is 30.8 Å². The number of aromatic nitrogens is 1. The molecule has 0 N–H and O–H groups in total. The molecule has 0 spiro atoms. The van der Waals surface area contributed by atoms with Crippen LogP contribution in [0.4, 0.5) is 0 Å². The van der Waals surface area contributed by atoms with Crippen molar-refractivity contribution in [3.8, 4) is 0 Å². The lowest BCUT2D eigenvalue weighted by molar-refractivity contribution is 0.472. The van der Waals surface area contributed by atoms with Crippen LogP contribution in [0, 0.1) is 0 Å². The molecule has 1 fully saturated rings. The third-order valence-electron chi connectivity index (χ3n) is 3.64. The molecule has 2 heterocycles. The summed E-state index contributed by atoms with van der Waals surface area (Å²) in [7, 11) is -3.37. The van der Waals surface area contributed by atoms with Crippen molar-refractivity contribution in [3.05, 3.63) is 60.4 Å². The Hall–Kier alpha value is -1.72. The summed E-state index contributed by atoms with van der Waals surface area (Å²) in [4.78, 5) is 4.69. The standard InChI is InChI=1S/C15H16N2O2S/c18-20(19,14-6-2-1-3-7-14)17-11-9-13(12-17)15-8-4-5-10-16-15/h1-8,10,13H,9,11-12H2/t13-/m1/s1. The smallest absolute Gasteiger partial charge is 0.243 e. The van der Waals surface area contributed by atoms with E-state index in [1.165, 1.54) is 0 Å². The van der Waals surface area contributed by atoms with Crippen LogP contribution in [0.5, 0.6) is 0 Å². The lowest BCUT2D eigenvalue weighted by atomic mass is 10.0. The lowest BCUT2D eigenvalue weighted by Crippen LogP contribution is -2.28. The normalized spacial score (nSPS) is 20.1. The van der Waals surface area contributed by atoms with E-state index < -0.39 is 10.0 Å². The van der Waals surface area contributed by atoms with Crippen molar-refractivity contribution in [2.24, 2.45) is 0 Å². The van der Waals surface area contributed by atoms with Gasteiger partial charge in [0.05, 0.1) is 4.90 Å². The first-order chi connectivity index (χ1) is 9.68. The summed E-state index contributed by atoms with van der Waals surface area (Å²) in [6.45, 7) is 1.06. The number of rotatable bonds is 3. The molecule has 4 nitrogen and oxygen atoms in total. The number of hydrogen-bond donors (Lipinski definition) is 0. The van der Waals surface area contributed by atoms with E-state index >= 15 is 0 Å². The van der Waals surface area contributed by atoms with Gasteiger partial charge in [0.1, 0.15) is 0 Å². The second-order valence-electron chi connectivity index (χ2n) is 4.92. The summed E-state index contributed by atoms with van der Waals surface area (Å²) in [6.07, 6.45) is 2.58. The van der Waals surface area contributed by atoms with Gasteiger partial charge in [0.2, 0.25) is 10.0 Å². The minimum Gasteiger partial charge on any atom is -0.261 e. The second kappa shape index (κ2) is 5.34. The fourth-order valence-electron chi connectivity index (χ4n) is 2.55. The highest BCUT2D eigenvalue weighted by Crippen LogP contribution is 2.29. The molecule has 3 rings (SSSR count). The van der Waals surface area contributed by atoms with E-state index in [9.17, 15) is 8.42 Å². The maximum Gasteiger partial charge on any atom is 0.243 e. The van der Waals surface area contributed by atoms with E-state index in [-0.39, 0.29) is 5.92 Å². The summed E-state index contributed by atoms with van der Waals surface area (Å²) in [6, 6.07) is 14.4. The van der Waals surface area contributed by atoms with Gasteiger partial charge in [-0.15, -0.1) is 0 Å². The van der Waals surface area contributed by atoms with Gasteiger partial charge in [-0.25, -0.2) is 8.42 Å². The molecule has 1 aliphatic rings. The monoisotopic (exact) mass is 288 g/mol.